The Bertz CT molecular complexity index is 827. The first-order valence-corrected chi connectivity index (χ1v) is 7.43. The van der Waals surface area contributed by atoms with E-state index in [0.29, 0.717) is 0 Å². The lowest BCUT2D eigenvalue weighted by Gasteiger charge is -2.27. The second-order valence-electron chi connectivity index (χ2n) is 5.32. The number of aromatic nitrogens is 2. The van der Waals surface area contributed by atoms with E-state index in [1.807, 2.05) is 0 Å². The van der Waals surface area contributed by atoms with Gasteiger partial charge in [-0.2, -0.15) is 0 Å². The van der Waals surface area contributed by atoms with Gasteiger partial charge in [0, 0.05) is 6.20 Å². The molecule has 0 aliphatic carbocycles. The minimum Gasteiger partial charge on any atom is -0.474 e. The predicted octanol–water partition coefficient (Wildman–Crippen LogP) is 2.69. The van der Waals surface area contributed by atoms with E-state index in [9.17, 15) is 27.2 Å². The van der Waals surface area contributed by atoms with Gasteiger partial charge in [-0.25, -0.2) is 9.18 Å². The van der Waals surface area contributed by atoms with Crippen molar-refractivity contribution in [1.29, 1.82) is 0 Å². The van der Waals surface area contributed by atoms with E-state index in [2.05, 4.69) is 14.7 Å². The Kier molecular flexibility index (Phi) is 5.93. The molecular formula is C16H13F4N3O4. The number of carbonyl (C=O) groups excluding carboxylic acids is 1. The normalized spacial score (nSPS) is 12.3. The molecule has 1 unspecified atom stereocenters. The Morgan fingerprint density at radius 3 is 2.48 bits per heavy atom. The highest BCUT2D eigenvalue weighted by molar-refractivity contribution is 6.31. The molecule has 2 rings (SSSR count). The number of pyridine rings is 2. The van der Waals surface area contributed by atoms with Crippen LogP contribution >= 0.6 is 0 Å². The highest BCUT2D eigenvalue weighted by Gasteiger charge is 2.32. The molecule has 27 heavy (non-hydrogen) atoms. The van der Waals surface area contributed by atoms with Crippen LogP contribution in [0.15, 0.2) is 36.7 Å². The maximum Gasteiger partial charge on any atom is 0.573 e. The van der Waals surface area contributed by atoms with Crippen LogP contribution in [0.2, 0.25) is 0 Å². The van der Waals surface area contributed by atoms with Gasteiger partial charge in [0.2, 0.25) is 0 Å². The van der Waals surface area contributed by atoms with Gasteiger partial charge in [-0.05, 0) is 31.2 Å². The Hall–Kier alpha value is -3.24. The van der Waals surface area contributed by atoms with E-state index in [1.165, 1.54) is 19.2 Å². The summed E-state index contributed by atoms with van der Waals surface area (Å²) in [5, 5.41) is 9.00. The number of halogens is 4. The van der Waals surface area contributed by atoms with Crippen molar-refractivity contribution in [3.05, 3.63) is 53.9 Å². The summed E-state index contributed by atoms with van der Waals surface area (Å²) in [6, 6.07) is 3.46. The maximum atomic E-state index is 13.9. The molecule has 0 bridgehead atoms. The largest absolute Gasteiger partial charge is 0.573 e. The van der Waals surface area contributed by atoms with Gasteiger partial charge in [-0.3, -0.25) is 14.8 Å². The molecule has 0 aliphatic rings. The average Bonchev–Trinajstić information content (AvgIpc) is 2.59. The zero-order valence-corrected chi connectivity index (χ0v) is 13.8. The number of carboxylic acid groups (broad SMARTS) is 1. The summed E-state index contributed by atoms with van der Waals surface area (Å²) >= 11 is 0. The summed E-state index contributed by atoms with van der Waals surface area (Å²) in [7, 11) is 0. The van der Waals surface area contributed by atoms with Crippen LogP contribution in [0.3, 0.4) is 0 Å². The lowest BCUT2D eigenvalue weighted by atomic mass is 10.1. The van der Waals surface area contributed by atoms with Crippen LogP contribution in [0.5, 0.6) is 5.75 Å². The lowest BCUT2D eigenvalue weighted by molar-refractivity contribution is -0.274. The molecule has 1 amide bonds. The Balaban J connectivity index is 2.26. The van der Waals surface area contributed by atoms with Crippen LogP contribution < -0.4 is 4.74 Å². The molecule has 0 aliphatic heterocycles. The standard InChI is InChI=1S/C16H13F4N3O4/c1-9(13-12(17)3-2-6-21-13)23(14(24)15(25)26)8-10-4-5-11(7-22-10)27-16(18,19)20/h2-7,9H,8H2,1H3,(H,25,26). The molecule has 1 N–H and O–H groups in total. The van der Waals surface area contributed by atoms with E-state index in [-0.39, 0.29) is 11.4 Å². The minimum absolute atomic E-state index is 0.0716. The summed E-state index contributed by atoms with van der Waals surface area (Å²) < 4.78 is 54.1. The average molecular weight is 387 g/mol. The molecule has 0 radical (unpaired) electrons. The molecule has 0 saturated heterocycles. The number of nitrogens with zero attached hydrogens (tertiary/aromatic N) is 3. The second kappa shape index (κ2) is 7.98. The first-order valence-electron chi connectivity index (χ1n) is 7.43. The van der Waals surface area contributed by atoms with Crippen LogP contribution in [0.4, 0.5) is 17.6 Å². The summed E-state index contributed by atoms with van der Waals surface area (Å²) in [6.07, 6.45) is -2.84. The van der Waals surface area contributed by atoms with Gasteiger partial charge < -0.3 is 14.7 Å². The van der Waals surface area contributed by atoms with Crippen molar-refractivity contribution in [3.63, 3.8) is 0 Å². The zero-order chi connectivity index (χ0) is 20.2. The monoisotopic (exact) mass is 387 g/mol. The van der Waals surface area contributed by atoms with Gasteiger partial charge in [-0.15, -0.1) is 13.2 Å². The van der Waals surface area contributed by atoms with Gasteiger partial charge in [0.1, 0.15) is 11.6 Å². The van der Waals surface area contributed by atoms with Crippen molar-refractivity contribution < 1.29 is 37.0 Å². The summed E-state index contributed by atoms with van der Waals surface area (Å²) in [4.78, 5) is 31.4. The van der Waals surface area contributed by atoms with Crippen molar-refractivity contribution in [2.75, 3.05) is 0 Å². The van der Waals surface area contributed by atoms with Crippen LogP contribution in [-0.2, 0) is 16.1 Å². The molecule has 144 valence electrons. The number of carbonyl (C=O) groups is 2. The van der Waals surface area contributed by atoms with Crippen molar-refractivity contribution in [3.8, 4) is 5.75 Å². The quantitative estimate of drug-likeness (QED) is 0.627. The Labute approximate surface area is 150 Å². The number of carboxylic acids is 1. The maximum absolute atomic E-state index is 13.9. The number of aliphatic carboxylic acids is 1. The fourth-order valence-corrected chi connectivity index (χ4v) is 2.23. The smallest absolute Gasteiger partial charge is 0.474 e. The molecule has 0 spiro atoms. The van der Waals surface area contributed by atoms with E-state index >= 15 is 0 Å². The van der Waals surface area contributed by atoms with E-state index in [0.717, 1.165) is 29.3 Å². The molecule has 1 atom stereocenters. The Morgan fingerprint density at radius 1 is 1.26 bits per heavy atom. The molecule has 0 fully saturated rings. The Morgan fingerprint density at radius 2 is 1.96 bits per heavy atom. The summed E-state index contributed by atoms with van der Waals surface area (Å²) in [6.45, 7) is 0.974. The van der Waals surface area contributed by atoms with Crippen LogP contribution in [0, 0.1) is 5.82 Å². The molecule has 0 aromatic carbocycles. The topological polar surface area (TPSA) is 92.6 Å². The van der Waals surface area contributed by atoms with E-state index in [4.69, 9.17) is 5.11 Å². The van der Waals surface area contributed by atoms with Crippen molar-refractivity contribution in [1.82, 2.24) is 14.9 Å². The molecule has 2 heterocycles. The third-order valence-electron chi connectivity index (χ3n) is 3.46. The number of alkyl halides is 3. The highest BCUT2D eigenvalue weighted by atomic mass is 19.4. The molecule has 7 nitrogen and oxygen atoms in total. The fourth-order valence-electron chi connectivity index (χ4n) is 2.23. The molecule has 2 aromatic rings. The lowest BCUT2D eigenvalue weighted by Crippen LogP contribution is -2.38. The molecule has 2 aromatic heterocycles. The van der Waals surface area contributed by atoms with Gasteiger partial charge in [0.25, 0.3) is 0 Å². The molecule has 11 heteroatoms. The third kappa shape index (κ3) is 5.36. The van der Waals surface area contributed by atoms with Gasteiger partial charge >= 0.3 is 18.2 Å². The first-order chi connectivity index (χ1) is 12.6. The number of rotatable bonds is 5. The minimum atomic E-state index is -4.89. The first kappa shape index (κ1) is 20.1. The third-order valence-corrected chi connectivity index (χ3v) is 3.46. The van der Waals surface area contributed by atoms with Gasteiger partial charge in [0.15, 0.2) is 0 Å². The summed E-state index contributed by atoms with van der Waals surface area (Å²) in [5.41, 5.74) is -0.0913. The molecule has 0 saturated carbocycles. The van der Waals surface area contributed by atoms with Crippen LogP contribution in [0.25, 0.3) is 0 Å². The van der Waals surface area contributed by atoms with Gasteiger partial charge in [-0.1, -0.05) is 0 Å². The van der Waals surface area contributed by atoms with E-state index < -0.39 is 42.4 Å². The van der Waals surface area contributed by atoms with E-state index in [1.54, 1.807) is 0 Å². The number of ether oxygens (including phenoxy) is 1. The van der Waals surface area contributed by atoms with Gasteiger partial charge in [0.05, 0.1) is 30.2 Å². The highest BCUT2D eigenvalue weighted by Crippen LogP contribution is 2.25. The van der Waals surface area contributed by atoms with Crippen molar-refractivity contribution in [2.45, 2.75) is 25.9 Å². The SMILES string of the molecule is CC(c1ncccc1F)N(Cc1ccc(OC(F)(F)F)cn1)C(=O)C(=O)O. The van der Waals surface area contributed by atoms with Crippen molar-refractivity contribution >= 4 is 11.9 Å². The van der Waals surface area contributed by atoms with Crippen molar-refractivity contribution in [2.24, 2.45) is 0 Å². The number of hydrogen-bond acceptors (Lipinski definition) is 5. The number of hydrogen-bond donors (Lipinski definition) is 1. The molecular weight excluding hydrogens is 374 g/mol. The fraction of sp³-hybridized carbons (Fsp3) is 0.250. The summed E-state index contributed by atoms with van der Waals surface area (Å²) in [5.74, 6) is -4.44. The van der Waals surface area contributed by atoms with Crippen LogP contribution in [-0.4, -0.2) is 38.2 Å². The zero-order valence-electron chi connectivity index (χ0n) is 13.8. The predicted molar refractivity (Wildman–Crippen MR) is 81.7 cm³/mol. The number of amides is 1. The van der Waals surface area contributed by atoms with Crippen LogP contribution in [0.1, 0.15) is 24.4 Å². The second-order valence-corrected chi connectivity index (χ2v) is 5.32.